The average molecular weight is 399 g/mol. The van der Waals surface area contributed by atoms with Crippen LogP contribution in [0.3, 0.4) is 0 Å². The van der Waals surface area contributed by atoms with Crippen LogP contribution in [-0.4, -0.2) is 36.4 Å². The lowest BCUT2D eigenvalue weighted by Crippen LogP contribution is -2.22. The number of ether oxygens (including phenoxy) is 4. The number of alkyl halides is 1. The molecule has 0 saturated carbocycles. The van der Waals surface area contributed by atoms with E-state index < -0.39 is 11.8 Å². The van der Waals surface area contributed by atoms with Gasteiger partial charge in [-0.2, -0.15) is 0 Å². The van der Waals surface area contributed by atoms with Gasteiger partial charge in [-0.05, 0) is 38.5 Å². The second-order valence-corrected chi connectivity index (χ2v) is 6.46. The molecule has 1 aromatic rings. The molecule has 0 N–H and O–H groups in total. The molecule has 1 aliphatic heterocycles. The van der Waals surface area contributed by atoms with Gasteiger partial charge >= 0.3 is 5.97 Å². The highest BCUT2D eigenvalue weighted by Gasteiger charge is 2.32. The molecule has 1 heterocycles. The van der Waals surface area contributed by atoms with Crippen LogP contribution in [0.25, 0.3) is 0 Å². The maximum atomic E-state index is 11.5. The second kappa shape index (κ2) is 8.65. The molecule has 0 radical (unpaired) electrons. The number of hydrogen-bond acceptors (Lipinski definition) is 5. The van der Waals surface area contributed by atoms with E-state index >= 15 is 0 Å². The van der Waals surface area contributed by atoms with Crippen molar-refractivity contribution in [2.75, 3.05) is 18.5 Å². The fourth-order valence-electron chi connectivity index (χ4n) is 2.38. The van der Waals surface area contributed by atoms with Crippen molar-refractivity contribution < 1.29 is 23.7 Å². The first-order valence-corrected chi connectivity index (χ1v) is 9.06. The van der Waals surface area contributed by atoms with Crippen LogP contribution in [0.15, 0.2) is 36.1 Å². The van der Waals surface area contributed by atoms with Gasteiger partial charge in [0.05, 0.1) is 30.7 Å². The van der Waals surface area contributed by atoms with E-state index in [9.17, 15) is 4.79 Å². The fraction of sp³-hybridized carbons (Fsp3) is 0.500. The number of allylic oxidation sites excluding steroid dienone is 1. The van der Waals surface area contributed by atoms with Gasteiger partial charge in [0.15, 0.2) is 5.79 Å². The zero-order chi connectivity index (χ0) is 17.6. The SMILES string of the molecule is CCOC(=O)/C=C(/CBr)Oc1ccc(C[C@H]2COC(C)(C)O2)cc1. The van der Waals surface area contributed by atoms with Gasteiger partial charge in [0.25, 0.3) is 0 Å². The highest BCUT2D eigenvalue weighted by Crippen LogP contribution is 2.25. The van der Waals surface area contributed by atoms with Crippen LogP contribution in [0.5, 0.6) is 5.75 Å². The Hall–Kier alpha value is -1.37. The first-order chi connectivity index (χ1) is 11.4. The summed E-state index contributed by atoms with van der Waals surface area (Å²) in [6.45, 7) is 6.53. The number of carbonyl (C=O) groups excluding carboxylic acids is 1. The van der Waals surface area contributed by atoms with E-state index in [1.807, 2.05) is 38.1 Å². The van der Waals surface area contributed by atoms with Crippen molar-refractivity contribution in [1.29, 1.82) is 0 Å². The topological polar surface area (TPSA) is 54.0 Å². The zero-order valence-electron chi connectivity index (χ0n) is 14.2. The summed E-state index contributed by atoms with van der Waals surface area (Å²) in [7, 11) is 0. The van der Waals surface area contributed by atoms with Crippen molar-refractivity contribution in [3.63, 3.8) is 0 Å². The Bertz CT molecular complexity index is 580. The van der Waals surface area contributed by atoms with Gasteiger partial charge < -0.3 is 18.9 Å². The zero-order valence-corrected chi connectivity index (χ0v) is 15.8. The normalized spacial score (nSPS) is 20.0. The van der Waals surface area contributed by atoms with Crippen molar-refractivity contribution in [3.8, 4) is 5.75 Å². The number of rotatable bonds is 7. The van der Waals surface area contributed by atoms with Crippen molar-refractivity contribution in [1.82, 2.24) is 0 Å². The smallest absolute Gasteiger partial charge is 0.334 e. The van der Waals surface area contributed by atoms with Gasteiger partial charge in [-0.1, -0.05) is 28.1 Å². The maximum absolute atomic E-state index is 11.5. The Morgan fingerprint density at radius 3 is 2.62 bits per heavy atom. The minimum atomic E-state index is -0.504. The number of carbonyl (C=O) groups is 1. The molecule has 0 spiro atoms. The van der Waals surface area contributed by atoms with Gasteiger partial charge in [-0.3, -0.25) is 0 Å². The molecule has 0 unspecified atom stereocenters. The number of benzene rings is 1. The maximum Gasteiger partial charge on any atom is 0.334 e. The van der Waals surface area contributed by atoms with E-state index in [0.717, 1.165) is 12.0 Å². The minimum absolute atomic E-state index is 0.0635. The van der Waals surface area contributed by atoms with Gasteiger partial charge in [0, 0.05) is 6.42 Å². The largest absolute Gasteiger partial charge is 0.463 e. The van der Waals surface area contributed by atoms with E-state index in [2.05, 4.69) is 15.9 Å². The predicted molar refractivity (Wildman–Crippen MR) is 94.2 cm³/mol. The molecule has 132 valence electrons. The second-order valence-electron chi connectivity index (χ2n) is 5.90. The molecule has 1 saturated heterocycles. The van der Waals surface area contributed by atoms with Gasteiger partial charge in [0.1, 0.15) is 11.5 Å². The summed E-state index contributed by atoms with van der Waals surface area (Å²) in [5.74, 6) is 0.244. The molecule has 0 amide bonds. The summed E-state index contributed by atoms with van der Waals surface area (Å²) in [5, 5.41) is 0.426. The molecule has 1 atom stereocenters. The minimum Gasteiger partial charge on any atom is -0.463 e. The Morgan fingerprint density at radius 2 is 2.08 bits per heavy atom. The van der Waals surface area contributed by atoms with Gasteiger partial charge in [-0.15, -0.1) is 0 Å². The molecule has 0 aromatic heterocycles. The first-order valence-electron chi connectivity index (χ1n) is 7.93. The van der Waals surface area contributed by atoms with E-state index in [1.54, 1.807) is 6.92 Å². The Kier molecular flexibility index (Phi) is 6.83. The molecule has 5 nitrogen and oxygen atoms in total. The predicted octanol–water partition coefficient (Wildman–Crippen LogP) is 3.60. The molecule has 0 bridgehead atoms. The van der Waals surface area contributed by atoms with Crippen LogP contribution in [0.4, 0.5) is 0 Å². The summed E-state index contributed by atoms with van der Waals surface area (Å²) in [6, 6.07) is 7.72. The molecule has 1 aliphatic rings. The van der Waals surface area contributed by atoms with Crippen molar-refractivity contribution >= 4 is 21.9 Å². The standard InChI is InChI=1S/C18H23BrO5/c1-4-21-17(20)10-15(11-19)23-14-7-5-13(6-8-14)9-16-12-22-18(2,3)24-16/h5-8,10,16H,4,9,11-12H2,1-3H3/b15-10-/t16-/m0/s1. The molecule has 2 rings (SSSR count). The third kappa shape index (κ3) is 5.92. The highest BCUT2D eigenvalue weighted by molar-refractivity contribution is 9.09. The van der Waals surface area contributed by atoms with E-state index in [1.165, 1.54) is 6.08 Å². The Morgan fingerprint density at radius 1 is 1.38 bits per heavy atom. The lowest BCUT2D eigenvalue weighted by Gasteiger charge is -2.17. The molecule has 1 fully saturated rings. The summed E-state index contributed by atoms with van der Waals surface area (Å²) >= 11 is 3.30. The van der Waals surface area contributed by atoms with Crippen LogP contribution in [0, 0.1) is 0 Å². The molecule has 24 heavy (non-hydrogen) atoms. The lowest BCUT2D eigenvalue weighted by atomic mass is 10.1. The van der Waals surface area contributed by atoms with Crippen molar-refractivity contribution in [2.24, 2.45) is 0 Å². The molecule has 6 heteroatoms. The van der Waals surface area contributed by atoms with Crippen LogP contribution in [0.1, 0.15) is 26.3 Å². The Balaban J connectivity index is 1.92. The molecular weight excluding hydrogens is 376 g/mol. The summed E-state index contributed by atoms with van der Waals surface area (Å²) in [4.78, 5) is 11.5. The quantitative estimate of drug-likeness (QED) is 0.304. The number of esters is 1. The third-order valence-electron chi connectivity index (χ3n) is 3.40. The van der Waals surface area contributed by atoms with E-state index in [4.69, 9.17) is 18.9 Å². The van der Waals surface area contributed by atoms with Gasteiger partial charge in [0.2, 0.25) is 0 Å². The Labute approximate surface area is 151 Å². The van der Waals surface area contributed by atoms with Gasteiger partial charge in [-0.25, -0.2) is 4.79 Å². The third-order valence-corrected chi connectivity index (χ3v) is 3.95. The van der Waals surface area contributed by atoms with Crippen LogP contribution in [0.2, 0.25) is 0 Å². The molecular formula is C18H23BrO5. The average Bonchev–Trinajstić information content (AvgIpc) is 2.87. The summed E-state index contributed by atoms with van der Waals surface area (Å²) < 4.78 is 22.0. The first kappa shape index (κ1) is 19.0. The fourth-order valence-corrected chi connectivity index (χ4v) is 2.66. The van der Waals surface area contributed by atoms with Crippen LogP contribution in [-0.2, 0) is 25.4 Å². The van der Waals surface area contributed by atoms with Crippen molar-refractivity contribution in [3.05, 3.63) is 41.7 Å². The number of halogens is 1. The van der Waals surface area contributed by atoms with Crippen LogP contribution >= 0.6 is 15.9 Å². The highest BCUT2D eigenvalue weighted by atomic mass is 79.9. The monoisotopic (exact) mass is 398 g/mol. The van der Waals surface area contributed by atoms with E-state index in [-0.39, 0.29) is 6.10 Å². The van der Waals surface area contributed by atoms with Crippen molar-refractivity contribution in [2.45, 2.75) is 39.1 Å². The lowest BCUT2D eigenvalue weighted by molar-refractivity contribution is -0.138. The molecule has 0 aliphatic carbocycles. The number of hydrogen-bond donors (Lipinski definition) is 0. The summed E-state index contributed by atoms with van der Waals surface area (Å²) in [5.41, 5.74) is 1.14. The van der Waals surface area contributed by atoms with E-state index in [0.29, 0.717) is 30.1 Å². The summed E-state index contributed by atoms with van der Waals surface area (Å²) in [6.07, 6.45) is 2.19. The van der Waals surface area contributed by atoms with Crippen LogP contribution < -0.4 is 4.74 Å². The molecule has 1 aromatic carbocycles.